The lowest BCUT2D eigenvalue weighted by atomic mass is 9.44. The molecule has 4 fully saturated rings. The number of Topliss-reactive ketones (excluding diaryl/α,β-unsaturated/α-hetero) is 1. The summed E-state index contributed by atoms with van der Waals surface area (Å²) in [5.74, 6) is -2.59. The average molecular weight is 1620 g/mol. The summed E-state index contributed by atoms with van der Waals surface area (Å²) in [6, 6.07) is 16.3. The van der Waals surface area contributed by atoms with Gasteiger partial charge in [0, 0.05) is 72.3 Å². The van der Waals surface area contributed by atoms with Gasteiger partial charge >= 0.3 is 18.1 Å². The number of alkyl halides is 2. The summed E-state index contributed by atoms with van der Waals surface area (Å²) in [7, 11) is 0. The molecule has 0 bridgehead atoms. The van der Waals surface area contributed by atoms with E-state index in [9.17, 15) is 67.7 Å². The van der Waals surface area contributed by atoms with Gasteiger partial charge in [0.1, 0.15) is 50.8 Å². The normalized spacial score (nSPS) is 24.0. The summed E-state index contributed by atoms with van der Waals surface area (Å²) < 4.78 is 80.0. The third kappa shape index (κ3) is 22.7. The molecule has 13 atom stereocenters. The quantitative estimate of drug-likeness (QED) is 0.0212. The first-order chi connectivity index (χ1) is 55.5. The summed E-state index contributed by atoms with van der Waals surface area (Å²) in [4.78, 5) is 158. The number of aliphatic carboxylic acids is 1. The standard InChI is InChI=1S/C82H106F2N10O22/c1-6-12-72-115-66-43-57-58-42-60(83)59-41-56(95)28-30-79(59,4)81(58,84)64(96)44-80(57,5)82(66,116-72)65(97)48-113-49-89-69(100)45-88-78(108)114-47-51-18-22-55(23-19-51)90-74(104)61(16-11-31-87-77(85)107)92-76(106)73(50(2)3)93-75(105)62(24-27-71(102)103)91-68(99)29-33-109-35-37-111-39-40-112-38-36-110-34-32-86-67(98)25-26-70(101)94-46-54-15-8-7-13-52(54)20-21-53-14-9-10-17-63(53)94/h7-10,13-15,17-19,22-23,28,30,41,50,57-58,60-62,64,66,72-73,96H,6,11-12,16,24-27,29,31-40,42-49H2,1-5H3,(H,86,98)(H,88,108)(H,89,100)(H,90,104)(H,91,99)(H,92,106)(H,93,105)(H,102,103)(H3,85,87,107)/t57-,58-,60-,61-,62-,64-,66+,72?,73-,79-,80-,81-,82+/m0/s1. The summed E-state index contributed by atoms with van der Waals surface area (Å²) in [5, 5.41) is 41.8. The maximum atomic E-state index is 17.9. The van der Waals surface area contributed by atoms with E-state index in [1.807, 2.05) is 55.5 Å². The van der Waals surface area contributed by atoms with E-state index in [2.05, 4.69) is 54.4 Å². The van der Waals surface area contributed by atoms with Crippen LogP contribution in [0.3, 0.4) is 0 Å². The van der Waals surface area contributed by atoms with E-state index < -0.39 is 168 Å². The van der Waals surface area contributed by atoms with Crippen LogP contribution in [0.2, 0.25) is 0 Å². The number of ketones is 2. The molecule has 34 heteroatoms. The van der Waals surface area contributed by atoms with Gasteiger partial charge in [0.15, 0.2) is 29.1 Å². The number of carboxylic acid groups (broad SMARTS) is 1. The first kappa shape index (κ1) is 89.8. The smallest absolute Gasteiger partial charge is 0.407 e. The minimum atomic E-state index is -2.39. The van der Waals surface area contributed by atoms with E-state index in [4.69, 9.17) is 43.6 Å². The van der Waals surface area contributed by atoms with Gasteiger partial charge in [0.25, 0.3) is 0 Å². The molecule has 2 heterocycles. The number of carbonyl (C=O) groups excluding carboxylic acids is 11. The number of aliphatic hydroxyl groups excluding tert-OH is 1. The highest BCUT2D eigenvalue weighted by Gasteiger charge is 2.80. The Labute approximate surface area is 671 Å². The van der Waals surface area contributed by atoms with Crippen molar-refractivity contribution in [1.29, 1.82) is 0 Å². The Hall–Kier alpha value is -10.1. The van der Waals surface area contributed by atoms with Crippen LogP contribution in [0.25, 0.3) is 0 Å². The second-order valence-electron chi connectivity index (χ2n) is 30.2. The molecule has 630 valence electrons. The van der Waals surface area contributed by atoms with Crippen molar-refractivity contribution in [2.24, 2.45) is 34.3 Å². The number of halogens is 2. The number of amides is 10. The van der Waals surface area contributed by atoms with Gasteiger partial charge in [-0.3, -0.25) is 47.9 Å². The molecule has 116 heavy (non-hydrogen) atoms. The van der Waals surface area contributed by atoms with E-state index in [0.717, 1.165) is 22.8 Å². The lowest BCUT2D eigenvalue weighted by molar-refractivity contribution is -0.235. The number of carboxylic acids is 1. The maximum absolute atomic E-state index is 17.9. The molecule has 4 aliphatic carbocycles. The third-order valence-corrected chi connectivity index (χ3v) is 22.0. The number of para-hydroxylation sites is 1. The van der Waals surface area contributed by atoms with Crippen LogP contribution in [-0.2, 0) is 99.0 Å². The van der Waals surface area contributed by atoms with Crippen LogP contribution in [-0.4, -0.2) is 221 Å². The molecule has 0 aromatic heterocycles. The molecule has 2 aliphatic heterocycles. The van der Waals surface area contributed by atoms with Gasteiger partial charge in [-0.2, -0.15) is 0 Å². The molecule has 3 aromatic carbocycles. The molecule has 12 N–H and O–H groups in total. The highest BCUT2D eigenvalue weighted by molar-refractivity contribution is 6.02. The van der Waals surface area contributed by atoms with Crippen LogP contribution >= 0.6 is 0 Å². The molecule has 6 aliphatic rings. The number of anilines is 2. The van der Waals surface area contributed by atoms with Crippen molar-refractivity contribution in [3.05, 3.63) is 119 Å². The summed E-state index contributed by atoms with van der Waals surface area (Å²) in [5.41, 5.74) is 2.07. The second kappa shape index (κ2) is 42.1. The van der Waals surface area contributed by atoms with Crippen molar-refractivity contribution in [3.63, 3.8) is 0 Å². The molecule has 0 radical (unpaired) electrons. The Morgan fingerprint density at radius 3 is 2.08 bits per heavy atom. The largest absolute Gasteiger partial charge is 0.481 e. The maximum Gasteiger partial charge on any atom is 0.407 e. The fourth-order valence-electron chi connectivity index (χ4n) is 16.1. The summed E-state index contributed by atoms with van der Waals surface area (Å²) in [6.45, 7) is 8.39. The number of nitrogens with two attached hydrogens (primary N) is 1. The molecule has 9 rings (SSSR count). The van der Waals surface area contributed by atoms with E-state index in [1.165, 1.54) is 43.3 Å². The fraction of sp³-hybridized carbons (Fsp3) is 0.561. The number of nitrogens with zero attached hydrogens (tertiary/aromatic N) is 1. The fourth-order valence-corrected chi connectivity index (χ4v) is 16.1. The van der Waals surface area contributed by atoms with Gasteiger partial charge in [0.2, 0.25) is 41.4 Å². The number of allylic oxidation sites excluding steroid dienone is 4. The number of hydrogen-bond donors (Lipinski definition) is 11. The molecule has 3 saturated carbocycles. The Balaban J connectivity index is 0.640. The lowest BCUT2D eigenvalue weighted by Crippen LogP contribution is -2.71. The van der Waals surface area contributed by atoms with E-state index >= 15 is 8.78 Å². The number of urea groups is 1. The summed E-state index contributed by atoms with van der Waals surface area (Å²) >= 11 is 0. The number of alkyl carbamates (subject to hydrolysis) is 1. The molecular weight excluding hydrogens is 1510 g/mol. The number of benzene rings is 3. The van der Waals surface area contributed by atoms with Gasteiger partial charge in [0.05, 0.1) is 77.3 Å². The van der Waals surface area contributed by atoms with Crippen molar-refractivity contribution in [2.75, 3.05) is 96.0 Å². The number of fused-ring (bicyclic) bond motifs is 9. The molecule has 3 aromatic rings. The Kier molecular flexibility index (Phi) is 32.6. The molecule has 1 unspecified atom stereocenters. The molecule has 10 amide bonds. The van der Waals surface area contributed by atoms with Crippen LogP contribution in [0.1, 0.15) is 134 Å². The lowest BCUT2D eigenvalue weighted by Gasteiger charge is -2.63. The number of hydrogen-bond acceptors (Lipinski definition) is 21. The minimum Gasteiger partial charge on any atom is -0.481 e. The summed E-state index contributed by atoms with van der Waals surface area (Å²) in [6.07, 6.45) is -2.80. The second-order valence-corrected chi connectivity index (χ2v) is 30.2. The van der Waals surface area contributed by atoms with Crippen molar-refractivity contribution < 1.29 is 114 Å². The number of carbonyl (C=O) groups is 12. The molecule has 0 spiro atoms. The number of nitrogens with one attached hydrogen (secondary N) is 8. The Morgan fingerprint density at radius 2 is 1.38 bits per heavy atom. The number of rotatable bonds is 44. The molecule has 32 nitrogen and oxygen atoms in total. The monoisotopic (exact) mass is 1620 g/mol. The Morgan fingerprint density at radius 1 is 0.707 bits per heavy atom. The van der Waals surface area contributed by atoms with Gasteiger partial charge in [-0.25, -0.2) is 18.4 Å². The molecule has 1 saturated heterocycles. The first-order valence-corrected chi connectivity index (χ1v) is 39.2. The van der Waals surface area contributed by atoms with Gasteiger partial charge < -0.3 is 101 Å². The predicted octanol–water partition coefficient (Wildman–Crippen LogP) is 4.44. The van der Waals surface area contributed by atoms with E-state index in [0.29, 0.717) is 30.6 Å². The Bertz CT molecular complexity index is 4160. The van der Waals surface area contributed by atoms with E-state index in [-0.39, 0.29) is 153 Å². The van der Waals surface area contributed by atoms with Crippen molar-refractivity contribution in [1.82, 2.24) is 37.2 Å². The average Bonchev–Trinajstić information content (AvgIpc) is 1.44. The van der Waals surface area contributed by atoms with Crippen LogP contribution in [0, 0.1) is 40.4 Å². The highest BCUT2D eigenvalue weighted by atomic mass is 19.1. The number of ether oxygens (including phenoxy) is 8. The topological polar surface area (TPSA) is 445 Å². The third-order valence-electron chi connectivity index (χ3n) is 22.0. The van der Waals surface area contributed by atoms with E-state index in [1.54, 1.807) is 25.7 Å². The van der Waals surface area contributed by atoms with Crippen LogP contribution in [0.15, 0.2) is 96.6 Å². The SMILES string of the molecule is CCCC1O[C@@H]2C[C@H]3[C@@H]4C[C@H](F)C5=CC(=O)C=C[C@]5(C)[C@@]4(F)[C@@H](O)C[C@]3(C)[C@]2(C(=O)COCNC(=O)CNC(=O)OCc2ccc(NC(=O)[C@H](CCCNC(N)=O)NC(=O)[C@@H](NC(=O)[C@H](CCC(=O)O)NC(=O)CCOCCOCCOCCOCCNC(=O)CCC(=O)N3Cc4ccccc4C#Cc4ccccc43)C(C)C)cc2)O1. The van der Waals surface area contributed by atoms with Crippen LogP contribution < -0.4 is 53.2 Å². The zero-order valence-electron chi connectivity index (χ0n) is 65.9. The van der Waals surface area contributed by atoms with Crippen LogP contribution in [0.4, 0.5) is 29.7 Å². The van der Waals surface area contributed by atoms with Crippen molar-refractivity contribution in [3.8, 4) is 11.8 Å². The van der Waals surface area contributed by atoms with Crippen molar-refractivity contribution in [2.45, 2.75) is 179 Å². The minimum absolute atomic E-state index is 0.00197. The van der Waals surface area contributed by atoms with Gasteiger partial charge in [-0.05, 0) is 123 Å². The highest BCUT2D eigenvalue weighted by Crippen LogP contribution is 2.72. The number of aliphatic hydroxyl groups is 1. The first-order valence-electron chi connectivity index (χ1n) is 39.2. The zero-order chi connectivity index (χ0) is 83.7. The predicted molar refractivity (Wildman–Crippen MR) is 413 cm³/mol. The van der Waals surface area contributed by atoms with Crippen LogP contribution in [0.5, 0.6) is 0 Å². The van der Waals surface area contributed by atoms with Crippen molar-refractivity contribution >= 4 is 82.4 Å². The number of primary amides is 1. The molecular formula is C82H106F2N10O22. The van der Waals surface area contributed by atoms with Gasteiger partial charge in [-0.1, -0.05) is 94.5 Å². The zero-order valence-corrected chi connectivity index (χ0v) is 65.9. The van der Waals surface area contributed by atoms with Gasteiger partial charge in [-0.15, -0.1) is 0 Å².